The van der Waals surface area contributed by atoms with Crippen LogP contribution in [0.15, 0.2) is 0 Å². The molecule has 2 aliphatic heterocycles. The van der Waals surface area contributed by atoms with Crippen molar-refractivity contribution >= 4 is 17.9 Å². The lowest BCUT2D eigenvalue weighted by Crippen LogP contribution is -2.52. The summed E-state index contributed by atoms with van der Waals surface area (Å²) in [6.45, 7) is 1.24. The number of piperidine rings is 1. The quantitative estimate of drug-likeness (QED) is 0.727. The third kappa shape index (κ3) is 2.80. The van der Waals surface area contributed by atoms with Crippen molar-refractivity contribution in [2.24, 2.45) is 11.7 Å². The molecule has 0 aromatic rings. The number of hydrogen-bond acceptors (Lipinski definition) is 3. The molecular weight excluding hydrogens is 250 g/mol. The molecule has 0 spiro atoms. The molecule has 2 aliphatic rings. The Balaban J connectivity index is 2.02. The normalized spacial score (nSPS) is 27.4. The second kappa shape index (κ2) is 5.46. The number of carbonyl (C=O) groups is 3. The molecule has 7 nitrogen and oxygen atoms in total. The van der Waals surface area contributed by atoms with E-state index in [0.29, 0.717) is 32.5 Å². The molecule has 19 heavy (non-hydrogen) atoms. The maximum Gasteiger partial charge on any atom is 0.326 e. The van der Waals surface area contributed by atoms with Crippen LogP contribution in [0.2, 0.25) is 0 Å². The van der Waals surface area contributed by atoms with Crippen LogP contribution in [-0.2, 0) is 9.59 Å². The van der Waals surface area contributed by atoms with Crippen LogP contribution in [0.5, 0.6) is 0 Å². The number of primary amides is 1. The first-order chi connectivity index (χ1) is 9.00. The molecule has 3 amide bonds. The zero-order valence-corrected chi connectivity index (χ0v) is 10.7. The summed E-state index contributed by atoms with van der Waals surface area (Å²) in [5.74, 6) is -1.67. The molecule has 106 valence electrons. The first-order valence-electron chi connectivity index (χ1n) is 6.58. The van der Waals surface area contributed by atoms with Gasteiger partial charge in [0.15, 0.2) is 0 Å². The molecule has 7 heteroatoms. The number of nitrogens with two attached hydrogens (primary N) is 1. The summed E-state index contributed by atoms with van der Waals surface area (Å²) in [6, 6.07) is -1.02. The molecular formula is C12H19N3O4. The van der Waals surface area contributed by atoms with Gasteiger partial charge in [0.1, 0.15) is 6.04 Å². The molecule has 2 heterocycles. The summed E-state index contributed by atoms with van der Waals surface area (Å²) in [5, 5.41) is 9.15. The van der Waals surface area contributed by atoms with Crippen molar-refractivity contribution in [1.82, 2.24) is 9.80 Å². The van der Waals surface area contributed by atoms with Gasteiger partial charge >= 0.3 is 12.0 Å². The van der Waals surface area contributed by atoms with Crippen molar-refractivity contribution in [3.05, 3.63) is 0 Å². The monoisotopic (exact) mass is 269 g/mol. The fourth-order valence-electron chi connectivity index (χ4n) is 2.77. The number of aliphatic carboxylic acids is 1. The van der Waals surface area contributed by atoms with Gasteiger partial charge < -0.3 is 20.6 Å². The highest BCUT2D eigenvalue weighted by Gasteiger charge is 2.37. The van der Waals surface area contributed by atoms with Crippen LogP contribution in [0.1, 0.15) is 25.7 Å². The lowest BCUT2D eigenvalue weighted by atomic mass is 10.0. The van der Waals surface area contributed by atoms with E-state index >= 15 is 0 Å². The Kier molecular flexibility index (Phi) is 3.92. The van der Waals surface area contributed by atoms with Crippen LogP contribution in [0.4, 0.5) is 4.79 Å². The summed E-state index contributed by atoms with van der Waals surface area (Å²) in [5.41, 5.74) is 5.23. The number of carbonyl (C=O) groups excluding carboxylic acids is 2. The smallest absolute Gasteiger partial charge is 0.326 e. The first-order valence-corrected chi connectivity index (χ1v) is 6.58. The summed E-state index contributed by atoms with van der Waals surface area (Å²) in [6.07, 6.45) is 2.70. The van der Waals surface area contributed by atoms with E-state index in [1.165, 1.54) is 9.80 Å². The van der Waals surface area contributed by atoms with Gasteiger partial charge in [-0.2, -0.15) is 0 Å². The van der Waals surface area contributed by atoms with Crippen molar-refractivity contribution in [3.63, 3.8) is 0 Å². The van der Waals surface area contributed by atoms with E-state index in [1.807, 2.05) is 0 Å². The minimum Gasteiger partial charge on any atom is -0.480 e. The molecule has 0 aromatic heterocycles. The lowest BCUT2D eigenvalue weighted by Gasteiger charge is -2.35. The standard InChI is InChI=1S/C12H19N3O4/c13-10(16)8-4-6-14(7-8)12(19)15-5-2-1-3-9(15)11(17)18/h8-9H,1-7H2,(H2,13,16)(H,17,18). The molecule has 0 aromatic carbocycles. The van der Waals surface area contributed by atoms with Crippen molar-refractivity contribution in [1.29, 1.82) is 0 Å². The number of hydrogen-bond donors (Lipinski definition) is 2. The van der Waals surface area contributed by atoms with Crippen LogP contribution < -0.4 is 5.73 Å². The van der Waals surface area contributed by atoms with E-state index in [0.717, 1.165) is 12.8 Å². The van der Waals surface area contributed by atoms with Crippen LogP contribution in [0.25, 0.3) is 0 Å². The lowest BCUT2D eigenvalue weighted by molar-refractivity contribution is -0.143. The van der Waals surface area contributed by atoms with Gasteiger partial charge in [-0.25, -0.2) is 9.59 Å². The second-order valence-electron chi connectivity index (χ2n) is 5.16. The number of carboxylic acids is 1. The topological polar surface area (TPSA) is 104 Å². The third-order valence-electron chi connectivity index (χ3n) is 3.89. The predicted octanol–water partition coefficient (Wildman–Crippen LogP) is -0.147. The number of rotatable bonds is 2. The van der Waals surface area contributed by atoms with Gasteiger partial charge in [-0.15, -0.1) is 0 Å². The Morgan fingerprint density at radius 1 is 1.11 bits per heavy atom. The highest BCUT2D eigenvalue weighted by atomic mass is 16.4. The van der Waals surface area contributed by atoms with Crippen LogP contribution in [0, 0.1) is 5.92 Å². The summed E-state index contributed by atoms with van der Waals surface area (Å²) in [4.78, 5) is 37.5. The van der Waals surface area contributed by atoms with E-state index in [9.17, 15) is 14.4 Å². The highest BCUT2D eigenvalue weighted by molar-refractivity contribution is 5.84. The Morgan fingerprint density at radius 2 is 1.84 bits per heavy atom. The van der Waals surface area contributed by atoms with Crippen LogP contribution >= 0.6 is 0 Å². The van der Waals surface area contributed by atoms with Gasteiger partial charge in [0.2, 0.25) is 5.91 Å². The van der Waals surface area contributed by atoms with E-state index in [4.69, 9.17) is 10.8 Å². The van der Waals surface area contributed by atoms with Crippen molar-refractivity contribution in [3.8, 4) is 0 Å². The minimum absolute atomic E-state index is 0.282. The highest BCUT2D eigenvalue weighted by Crippen LogP contribution is 2.22. The Labute approximate surface area is 111 Å². The molecule has 2 atom stereocenters. The fraction of sp³-hybridized carbons (Fsp3) is 0.750. The largest absolute Gasteiger partial charge is 0.480 e. The number of urea groups is 1. The van der Waals surface area contributed by atoms with Crippen molar-refractivity contribution in [2.45, 2.75) is 31.7 Å². The number of carboxylic acid groups (broad SMARTS) is 1. The van der Waals surface area contributed by atoms with Crippen LogP contribution in [-0.4, -0.2) is 58.5 Å². The summed E-state index contributed by atoms with van der Waals surface area (Å²) < 4.78 is 0. The van der Waals surface area contributed by atoms with Gasteiger partial charge in [-0.3, -0.25) is 4.79 Å². The SMILES string of the molecule is NC(=O)C1CCN(C(=O)N2CCCCC2C(=O)O)C1. The average Bonchev–Trinajstić information content (AvgIpc) is 2.87. The molecule has 2 rings (SSSR count). The van der Waals surface area contributed by atoms with E-state index in [1.54, 1.807) is 0 Å². The predicted molar refractivity (Wildman–Crippen MR) is 66.3 cm³/mol. The zero-order valence-electron chi connectivity index (χ0n) is 10.7. The first kappa shape index (κ1) is 13.6. The van der Waals surface area contributed by atoms with Gasteiger partial charge in [-0.05, 0) is 25.7 Å². The van der Waals surface area contributed by atoms with E-state index in [2.05, 4.69) is 0 Å². The molecule has 2 fully saturated rings. The van der Waals surface area contributed by atoms with Crippen LogP contribution in [0.3, 0.4) is 0 Å². The second-order valence-corrected chi connectivity index (χ2v) is 5.16. The zero-order chi connectivity index (χ0) is 14.0. The molecule has 0 radical (unpaired) electrons. The fourth-order valence-corrected chi connectivity index (χ4v) is 2.77. The number of likely N-dealkylation sites (tertiary alicyclic amines) is 2. The Hall–Kier alpha value is -1.79. The summed E-state index contributed by atoms with van der Waals surface area (Å²) in [7, 11) is 0. The molecule has 2 saturated heterocycles. The van der Waals surface area contributed by atoms with Crippen molar-refractivity contribution in [2.75, 3.05) is 19.6 Å². The Bertz CT molecular complexity index is 398. The maximum atomic E-state index is 12.3. The minimum atomic E-state index is -0.960. The average molecular weight is 269 g/mol. The number of amides is 3. The summed E-state index contributed by atoms with van der Waals surface area (Å²) >= 11 is 0. The molecule has 0 bridgehead atoms. The van der Waals surface area contributed by atoms with Gasteiger partial charge in [0.25, 0.3) is 0 Å². The Morgan fingerprint density at radius 3 is 2.42 bits per heavy atom. The van der Waals surface area contributed by atoms with Gasteiger partial charge in [0, 0.05) is 19.6 Å². The van der Waals surface area contributed by atoms with E-state index < -0.39 is 17.9 Å². The molecule has 0 saturated carbocycles. The number of nitrogens with zero attached hydrogens (tertiary/aromatic N) is 2. The molecule has 0 aliphatic carbocycles. The molecule has 2 unspecified atom stereocenters. The maximum absolute atomic E-state index is 12.3. The molecule has 3 N–H and O–H groups in total. The third-order valence-corrected chi connectivity index (χ3v) is 3.89. The van der Waals surface area contributed by atoms with Crippen molar-refractivity contribution < 1.29 is 19.5 Å². The van der Waals surface area contributed by atoms with Gasteiger partial charge in [-0.1, -0.05) is 0 Å². The van der Waals surface area contributed by atoms with Gasteiger partial charge in [0.05, 0.1) is 5.92 Å². The van der Waals surface area contributed by atoms with E-state index in [-0.39, 0.29) is 11.9 Å².